The van der Waals surface area contributed by atoms with Gasteiger partial charge in [-0.15, -0.1) is 0 Å². The number of fused-ring (bicyclic) bond motifs is 2. The van der Waals surface area contributed by atoms with Gasteiger partial charge in [0.15, 0.2) is 0 Å². The second-order valence-electron chi connectivity index (χ2n) is 8.10. The molecule has 1 aromatic carbocycles. The summed E-state index contributed by atoms with van der Waals surface area (Å²) in [7, 11) is 0. The van der Waals surface area contributed by atoms with Crippen molar-refractivity contribution >= 4 is 5.91 Å². The van der Waals surface area contributed by atoms with E-state index in [0.29, 0.717) is 29.8 Å². The van der Waals surface area contributed by atoms with Crippen LogP contribution in [-0.4, -0.2) is 36.0 Å². The average Bonchev–Trinajstić information content (AvgIpc) is 2.95. The molecule has 130 valence electrons. The molecule has 2 heterocycles. The number of carbonyl (C=O) groups is 1. The molecule has 0 spiro atoms. The van der Waals surface area contributed by atoms with E-state index in [-0.39, 0.29) is 0 Å². The third-order valence-electron chi connectivity index (χ3n) is 6.46. The standard InChI is InChI=1S/C21H30N2O/c24-21(23-13-12-19-10-11-20(15-23)22-19)14-16-6-8-18(9-7-16)17-4-2-1-3-5-17/h1-5,16,18-20,22H,6-15H2. The van der Waals surface area contributed by atoms with E-state index in [9.17, 15) is 4.79 Å². The molecule has 1 aromatic rings. The Bertz CT molecular complexity index is 550. The predicted octanol–water partition coefficient (Wildman–Crippen LogP) is 3.70. The Balaban J connectivity index is 1.27. The Labute approximate surface area is 145 Å². The lowest BCUT2D eigenvalue weighted by molar-refractivity contribution is -0.132. The van der Waals surface area contributed by atoms with E-state index in [0.717, 1.165) is 25.9 Å². The number of nitrogens with one attached hydrogen (secondary N) is 1. The first-order valence-electron chi connectivity index (χ1n) is 9.86. The molecular weight excluding hydrogens is 296 g/mol. The van der Waals surface area contributed by atoms with Crippen molar-refractivity contribution in [3.63, 3.8) is 0 Å². The van der Waals surface area contributed by atoms with Crippen LogP contribution < -0.4 is 5.32 Å². The number of hydrogen-bond acceptors (Lipinski definition) is 2. The van der Waals surface area contributed by atoms with Crippen LogP contribution in [-0.2, 0) is 4.79 Å². The minimum atomic E-state index is 0.410. The van der Waals surface area contributed by atoms with Crippen LogP contribution >= 0.6 is 0 Å². The summed E-state index contributed by atoms with van der Waals surface area (Å²) in [6.07, 6.45) is 9.38. The molecule has 1 aliphatic carbocycles. The zero-order valence-electron chi connectivity index (χ0n) is 14.6. The number of benzene rings is 1. The largest absolute Gasteiger partial charge is 0.341 e. The van der Waals surface area contributed by atoms with E-state index in [2.05, 4.69) is 40.5 Å². The topological polar surface area (TPSA) is 32.3 Å². The van der Waals surface area contributed by atoms with Gasteiger partial charge in [0.2, 0.25) is 5.91 Å². The zero-order chi connectivity index (χ0) is 16.4. The van der Waals surface area contributed by atoms with Crippen LogP contribution in [0.25, 0.3) is 0 Å². The van der Waals surface area contributed by atoms with Crippen LogP contribution in [0.5, 0.6) is 0 Å². The van der Waals surface area contributed by atoms with Gasteiger partial charge in [0.05, 0.1) is 0 Å². The molecule has 2 unspecified atom stereocenters. The van der Waals surface area contributed by atoms with Gasteiger partial charge in [-0.1, -0.05) is 30.3 Å². The molecule has 2 bridgehead atoms. The lowest BCUT2D eigenvalue weighted by Gasteiger charge is -2.31. The fourth-order valence-corrected chi connectivity index (χ4v) is 4.97. The fraction of sp³-hybridized carbons (Fsp3) is 0.667. The maximum absolute atomic E-state index is 12.7. The number of nitrogens with zero attached hydrogens (tertiary/aromatic N) is 1. The van der Waals surface area contributed by atoms with Crippen LogP contribution in [0.3, 0.4) is 0 Å². The van der Waals surface area contributed by atoms with Gasteiger partial charge in [-0.2, -0.15) is 0 Å². The first kappa shape index (κ1) is 16.1. The Kier molecular flexibility index (Phi) is 4.88. The van der Waals surface area contributed by atoms with Crippen molar-refractivity contribution < 1.29 is 4.79 Å². The smallest absolute Gasteiger partial charge is 0.222 e. The molecule has 2 saturated heterocycles. The van der Waals surface area contributed by atoms with Gasteiger partial charge in [0.25, 0.3) is 0 Å². The van der Waals surface area contributed by atoms with E-state index in [4.69, 9.17) is 0 Å². The molecule has 0 radical (unpaired) electrons. The number of rotatable bonds is 3. The maximum Gasteiger partial charge on any atom is 0.222 e. The van der Waals surface area contributed by atoms with Crippen LogP contribution in [0.4, 0.5) is 0 Å². The minimum Gasteiger partial charge on any atom is -0.341 e. The molecule has 2 aliphatic heterocycles. The highest BCUT2D eigenvalue weighted by molar-refractivity contribution is 5.76. The summed E-state index contributed by atoms with van der Waals surface area (Å²) in [5.41, 5.74) is 1.48. The molecule has 3 nitrogen and oxygen atoms in total. The van der Waals surface area contributed by atoms with Gasteiger partial charge in [-0.05, 0) is 62.3 Å². The minimum absolute atomic E-state index is 0.410. The highest BCUT2D eigenvalue weighted by Gasteiger charge is 2.32. The quantitative estimate of drug-likeness (QED) is 0.918. The summed E-state index contributed by atoms with van der Waals surface area (Å²) < 4.78 is 0. The maximum atomic E-state index is 12.7. The molecule has 3 aliphatic rings. The number of amides is 1. The van der Waals surface area contributed by atoms with E-state index >= 15 is 0 Å². The monoisotopic (exact) mass is 326 g/mol. The average molecular weight is 326 g/mol. The van der Waals surface area contributed by atoms with Crippen molar-refractivity contribution in [1.29, 1.82) is 0 Å². The van der Waals surface area contributed by atoms with Gasteiger partial charge in [-0.25, -0.2) is 0 Å². The Morgan fingerprint density at radius 3 is 2.50 bits per heavy atom. The molecule has 3 fully saturated rings. The summed E-state index contributed by atoms with van der Waals surface area (Å²) in [5, 5.41) is 3.67. The van der Waals surface area contributed by atoms with Gasteiger partial charge < -0.3 is 10.2 Å². The number of likely N-dealkylation sites (tertiary alicyclic amines) is 1. The summed E-state index contributed by atoms with van der Waals surface area (Å²) in [6.45, 7) is 1.90. The van der Waals surface area contributed by atoms with Gasteiger partial charge in [0.1, 0.15) is 0 Å². The van der Waals surface area contributed by atoms with Crippen molar-refractivity contribution in [2.24, 2.45) is 5.92 Å². The third-order valence-corrected chi connectivity index (χ3v) is 6.46. The SMILES string of the molecule is O=C(CC1CCC(c2ccccc2)CC1)N1CCC2CCC(C1)N2. The van der Waals surface area contributed by atoms with Crippen molar-refractivity contribution in [1.82, 2.24) is 10.2 Å². The van der Waals surface area contributed by atoms with Gasteiger partial charge in [-0.3, -0.25) is 4.79 Å². The molecule has 1 saturated carbocycles. The third kappa shape index (κ3) is 3.66. The van der Waals surface area contributed by atoms with Crippen molar-refractivity contribution in [2.45, 2.75) is 69.4 Å². The van der Waals surface area contributed by atoms with Crippen molar-refractivity contribution in [3.05, 3.63) is 35.9 Å². The molecule has 1 amide bonds. The van der Waals surface area contributed by atoms with Crippen LogP contribution in [0, 0.1) is 5.92 Å². The lowest BCUT2D eigenvalue weighted by Crippen LogP contribution is -2.39. The fourth-order valence-electron chi connectivity index (χ4n) is 4.97. The number of carbonyl (C=O) groups excluding carboxylic acids is 1. The highest BCUT2D eigenvalue weighted by atomic mass is 16.2. The second kappa shape index (κ2) is 7.26. The zero-order valence-corrected chi connectivity index (χ0v) is 14.6. The van der Waals surface area contributed by atoms with E-state index in [1.54, 1.807) is 0 Å². The van der Waals surface area contributed by atoms with Gasteiger partial charge >= 0.3 is 0 Å². The van der Waals surface area contributed by atoms with Crippen LogP contribution in [0.2, 0.25) is 0 Å². The Hall–Kier alpha value is -1.35. The first-order chi connectivity index (χ1) is 11.8. The van der Waals surface area contributed by atoms with Crippen molar-refractivity contribution in [2.75, 3.05) is 13.1 Å². The van der Waals surface area contributed by atoms with Crippen LogP contribution in [0.15, 0.2) is 30.3 Å². The normalized spacial score (nSPS) is 33.2. The van der Waals surface area contributed by atoms with E-state index in [1.165, 1.54) is 44.1 Å². The molecule has 24 heavy (non-hydrogen) atoms. The lowest BCUT2D eigenvalue weighted by atomic mass is 9.77. The second-order valence-corrected chi connectivity index (χ2v) is 8.10. The molecule has 4 rings (SSSR count). The molecule has 1 N–H and O–H groups in total. The number of hydrogen-bond donors (Lipinski definition) is 1. The highest BCUT2D eigenvalue weighted by Crippen LogP contribution is 2.37. The van der Waals surface area contributed by atoms with E-state index < -0.39 is 0 Å². The molecule has 2 atom stereocenters. The van der Waals surface area contributed by atoms with E-state index in [1.807, 2.05) is 0 Å². The Morgan fingerprint density at radius 2 is 1.71 bits per heavy atom. The Morgan fingerprint density at radius 1 is 0.958 bits per heavy atom. The summed E-state index contributed by atoms with van der Waals surface area (Å²) in [4.78, 5) is 14.9. The molecule has 3 heteroatoms. The summed E-state index contributed by atoms with van der Waals surface area (Å²) in [5.74, 6) is 1.72. The first-order valence-corrected chi connectivity index (χ1v) is 9.86. The predicted molar refractivity (Wildman–Crippen MR) is 96.9 cm³/mol. The summed E-state index contributed by atoms with van der Waals surface area (Å²) >= 11 is 0. The van der Waals surface area contributed by atoms with Gasteiger partial charge in [0, 0.05) is 31.6 Å². The molecule has 0 aromatic heterocycles. The van der Waals surface area contributed by atoms with Crippen LogP contribution in [0.1, 0.15) is 62.8 Å². The summed E-state index contributed by atoms with van der Waals surface area (Å²) in [6, 6.07) is 12.1. The van der Waals surface area contributed by atoms with Crippen molar-refractivity contribution in [3.8, 4) is 0 Å². The molecular formula is C21H30N2O.